The second-order valence-corrected chi connectivity index (χ2v) is 6.97. The molecule has 0 atom stereocenters. The van der Waals surface area contributed by atoms with Gasteiger partial charge < -0.3 is 9.47 Å². The molecule has 1 aliphatic rings. The minimum atomic E-state index is -0.255. The van der Waals surface area contributed by atoms with Crippen molar-refractivity contribution >= 4 is 40.4 Å². The molecule has 144 valence electrons. The first kappa shape index (κ1) is 19.7. The normalized spacial score (nSPS) is 15.0. The molecule has 0 aromatic heterocycles. The Balaban J connectivity index is 1.96. The number of Topliss-reactive ketones (excluding diaryl/α,β-unsaturated/α-hetero) is 1. The maximum Gasteiger partial charge on any atom is 0.283 e. The summed E-state index contributed by atoms with van der Waals surface area (Å²) < 4.78 is 10.4. The van der Waals surface area contributed by atoms with Crippen molar-refractivity contribution in [2.24, 2.45) is 4.99 Å². The zero-order valence-corrected chi connectivity index (χ0v) is 16.7. The Morgan fingerprint density at radius 1 is 1.11 bits per heavy atom. The van der Waals surface area contributed by atoms with Crippen LogP contribution in [0.2, 0.25) is 0 Å². The Morgan fingerprint density at radius 3 is 2.46 bits per heavy atom. The van der Waals surface area contributed by atoms with Gasteiger partial charge in [0.15, 0.2) is 5.17 Å². The van der Waals surface area contributed by atoms with E-state index in [9.17, 15) is 9.59 Å². The van der Waals surface area contributed by atoms with Gasteiger partial charge in [-0.3, -0.25) is 14.5 Å². The number of benzene rings is 2. The van der Waals surface area contributed by atoms with Gasteiger partial charge in [-0.25, -0.2) is 4.99 Å². The minimum absolute atomic E-state index is 0.0123. The number of ether oxygens (including phenoxy) is 2. The topological polar surface area (TPSA) is 68.2 Å². The van der Waals surface area contributed by atoms with E-state index in [2.05, 4.69) is 4.99 Å². The smallest absolute Gasteiger partial charge is 0.283 e. The van der Waals surface area contributed by atoms with Crippen LogP contribution in [-0.2, 0) is 9.59 Å². The van der Waals surface area contributed by atoms with E-state index in [1.807, 2.05) is 24.3 Å². The molecule has 1 heterocycles. The van der Waals surface area contributed by atoms with Crippen molar-refractivity contribution in [2.75, 3.05) is 24.9 Å². The van der Waals surface area contributed by atoms with E-state index >= 15 is 0 Å². The summed E-state index contributed by atoms with van der Waals surface area (Å²) in [6.07, 6.45) is 1.72. The fraction of sp³-hybridized carbons (Fsp3) is 0.190. The van der Waals surface area contributed by atoms with Gasteiger partial charge in [-0.2, -0.15) is 0 Å². The number of hydrogen-bond acceptors (Lipinski definition) is 6. The highest BCUT2D eigenvalue weighted by Crippen LogP contribution is 2.31. The molecule has 2 aromatic rings. The number of carbonyl (C=O) groups is 2. The molecule has 0 spiro atoms. The van der Waals surface area contributed by atoms with Crippen molar-refractivity contribution in [3.8, 4) is 11.5 Å². The van der Waals surface area contributed by atoms with Crippen LogP contribution in [0.5, 0.6) is 11.5 Å². The second kappa shape index (κ2) is 8.75. The molecule has 0 saturated heterocycles. The van der Waals surface area contributed by atoms with Gasteiger partial charge in [-0.1, -0.05) is 30.0 Å². The largest absolute Gasteiger partial charge is 0.497 e. The fourth-order valence-corrected chi connectivity index (χ4v) is 3.41. The van der Waals surface area contributed by atoms with Crippen molar-refractivity contribution in [3.63, 3.8) is 0 Å². The van der Waals surface area contributed by atoms with E-state index in [-0.39, 0.29) is 17.4 Å². The maximum absolute atomic E-state index is 13.1. The first-order valence-corrected chi connectivity index (χ1v) is 9.55. The average molecular weight is 396 g/mol. The highest BCUT2D eigenvalue weighted by Gasteiger charge is 2.32. The number of hydrogen-bond donors (Lipinski definition) is 0. The summed E-state index contributed by atoms with van der Waals surface area (Å²) in [5, 5.41) is 0.466. The summed E-state index contributed by atoms with van der Waals surface area (Å²) in [5.74, 6) is 1.36. The number of amides is 1. The van der Waals surface area contributed by atoms with E-state index < -0.39 is 0 Å². The lowest BCUT2D eigenvalue weighted by Crippen LogP contribution is -2.30. The van der Waals surface area contributed by atoms with Gasteiger partial charge in [-0.15, -0.1) is 0 Å². The van der Waals surface area contributed by atoms with Crippen LogP contribution in [0.4, 0.5) is 5.69 Å². The molecule has 0 aliphatic carbocycles. The van der Waals surface area contributed by atoms with E-state index in [4.69, 9.17) is 9.47 Å². The fourth-order valence-electron chi connectivity index (χ4n) is 2.59. The first-order valence-electron chi connectivity index (χ1n) is 8.57. The predicted octanol–water partition coefficient (Wildman–Crippen LogP) is 3.77. The van der Waals surface area contributed by atoms with Crippen LogP contribution in [0.3, 0.4) is 0 Å². The first-order chi connectivity index (χ1) is 13.5. The van der Waals surface area contributed by atoms with Crippen LogP contribution in [0.25, 0.3) is 6.08 Å². The van der Waals surface area contributed by atoms with Crippen LogP contribution >= 0.6 is 11.8 Å². The number of amidine groups is 1. The molecule has 0 N–H and O–H groups in total. The number of carbonyl (C=O) groups excluding carboxylic acids is 2. The molecular weight excluding hydrogens is 376 g/mol. The van der Waals surface area contributed by atoms with E-state index in [0.717, 1.165) is 11.3 Å². The molecule has 0 bridgehead atoms. The monoisotopic (exact) mass is 396 g/mol. The number of methoxy groups -OCH3 is 2. The summed E-state index contributed by atoms with van der Waals surface area (Å²) in [6, 6.07) is 14.5. The van der Waals surface area contributed by atoms with E-state index in [1.54, 1.807) is 44.6 Å². The van der Waals surface area contributed by atoms with Gasteiger partial charge in [0, 0.05) is 6.07 Å². The number of anilines is 1. The van der Waals surface area contributed by atoms with E-state index in [0.29, 0.717) is 22.3 Å². The summed E-state index contributed by atoms with van der Waals surface area (Å²) in [7, 11) is 3.17. The maximum atomic E-state index is 13.1. The Kier molecular flexibility index (Phi) is 6.16. The number of thioether (sulfide) groups is 1. The molecule has 3 rings (SSSR count). The van der Waals surface area contributed by atoms with Crippen molar-refractivity contribution in [1.29, 1.82) is 0 Å². The Bertz CT molecular complexity index is 951. The van der Waals surface area contributed by atoms with Crippen LogP contribution in [-0.4, -0.2) is 36.8 Å². The van der Waals surface area contributed by atoms with Crippen molar-refractivity contribution in [1.82, 2.24) is 0 Å². The lowest BCUT2D eigenvalue weighted by molar-refractivity contribution is -0.115. The van der Waals surface area contributed by atoms with Gasteiger partial charge in [-0.05, 0) is 42.8 Å². The van der Waals surface area contributed by atoms with E-state index in [1.165, 1.54) is 23.6 Å². The standard InChI is InChI=1S/C21H20N2O4S/c1-14(24)13-28-21-22-19(11-15-7-9-17(26-2)10-8-15)20(25)23(21)16-5-4-6-18(12-16)27-3/h4-12H,13H2,1-3H3/b19-11-. The summed E-state index contributed by atoms with van der Waals surface area (Å²) >= 11 is 1.24. The lowest BCUT2D eigenvalue weighted by atomic mass is 10.2. The number of ketones is 1. The van der Waals surface area contributed by atoms with Gasteiger partial charge in [0.05, 0.1) is 25.7 Å². The zero-order chi connectivity index (χ0) is 20.1. The second-order valence-electron chi connectivity index (χ2n) is 6.03. The molecule has 0 unspecified atom stereocenters. The molecule has 6 nitrogen and oxygen atoms in total. The Morgan fingerprint density at radius 2 is 1.82 bits per heavy atom. The molecule has 2 aromatic carbocycles. The van der Waals surface area contributed by atoms with Crippen molar-refractivity contribution in [3.05, 3.63) is 59.8 Å². The quantitative estimate of drug-likeness (QED) is 0.696. The average Bonchev–Trinajstić information content (AvgIpc) is 3.02. The third-order valence-electron chi connectivity index (χ3n) is 3.96. The highest BCUT2D eigenvalue weighted by molar-refractivity contribution is 8.14. The molecule has 0 radical (unpaired) electrons. The highest BCUT2D eigenvalue weighted by atomic mass is 32.2. The minimum Gasteiger partial charge on any atom is -0.497 e. The Labute approximate surface area is 167 Å². The zero-order valence-electron chi connectivity index (χ0n) is 15.8. The van der Waals surface area contributed by atoms with Crippen LogP contribution in [0, 0.1) is 0 Å². The Hall–Kier alpha value is -3.06. The van der Waals surface area contributed by atoms with Crippen LogP contribution < -0.4 is 14.4 Å². The molecule has 1 amide bonds. The predicted molar refractivity (Wildman–Crippen MR) is 112 cm³/mol. The summed E-state index contributed by atoms with van der Waals surface area (Å²) in [4.78, 5) is 30.5. The van der Waals surface area contributed by atoms with Crippen molar-refractivity contribution < 1.29 is 19.1 Å². The molecule has 0 fully saturated rings. The van der Waals surface area contributed by atoms with Gasteiger partial charge in [0.2, 0.25) is 0 Å². The lowest BCUT2D eigenvalue weighted by Gasteiger charge is -2.18. The van der Waals surface area contributed by atoms with Gasteiger partial charge in [0.1, 0.15) is 23.0 Å². The molecule has 0 saturated carbocycles. The molecule has 7 heteroatoms. The third kappa shape index (κ3) is 4.43. The molecule has 28 heavy (non-hydrogen) atoms. The van der Waals surface area contributed by atoms with Gasteiger partial charge >= 0.3 is 0 Å². The number of nitrogens with zero attached hydrogens (tertiary/aromatic N) is 2. The van der Waals surface area contributed by atoms with Crippen LogP contribution in [0.15, 0.2) is 59.2 Å². The van der Waals surface area contributed by atoms with Gasteiger partial charge in [0.25, 0.3) is 5.91 Å². The molecule has 1 aliphatic heterocycles. The molecular formula is C21H20N2O4S. The van der Waals surface area contributed by atoms with Crippen molar-refractivity contribution in [2.45, 2.75) is 6.92 Å². The summed E-state index contributed by atoms with van der Waals surface area (Å²) in [6.45, 7) is 1.51. The van der Waals surface area contributed by atoms with Crippen LogP contribution in [0.1, 0.15) is 12.5 Å². The number of rotatable bonds is 6. The third-order valence-corrected chi connectivity index (χ3v) is 5.05. The number of aliphatic imine (C=N–C) groups is 1. The summed E-state index contributed by atoms with van der Waals surface area (Å²) in [5.41, 5.74) is 1.77. The SMILES string of the molecule is COc1ccc(/C=C2\N=C(SCC(C)=O)N(c3cccc(OC)c3)C2=O)cc1.